The first-order valence-corrected chi connectivity index (χ1v) is 12.5. The molecular weight excluding hydrogens is 476 g/mol. The summed E-state index contributed by atoms with van der Waals surface area (Å²) in [5, 5.41) is 13.5. The first kappa shape index (κ1) is 23.3. The van der Waals surface area contributed by atoms with Gasteiger partial charge in [-0.3, -0.25) is 9.36 Å². The Morgan fingerprint density at radius 3 is 2.45 bits per heavy atom. The Balaban J connectivity index is 1.54. The van der Waals surface area contributed by atoms with Crippen LogP contribution in [-0.4, -0.2) is 36.4 Å². The molecule has 10 heteroatoms. The van der Waals surface area contributed by atoms with E-state index in [1.54, 1.807) is 0 Å². The molecule has 4 aromatic rings. The number of rotatable bonds is 8. The molecule has 0 bridgehead atoms. The summed E-state index contributed by atoms with van der Waals surface area (Å²) in [7, 11) is 0. The molecule has 0 saturated heterocycles. The van der Waals surface area contributed by atoms with Gasteiger partial charge in [0.05, 0.1) is 17.2 Å². The fourth-order valence-electron chi connectivity index (χ4n) is 3.10. The summed E-state index contributed by atoms with van der Waals surface area (Å²) in [4.78, 5) is 21.4. The van der Waals surface area contributed by atoms with Crippen molar-refractivity contribution < 1.29 is 4.79 Å². The molecule has 2 heterocycles. The van der Waals surface area contributed by atoms with Crippen molar-refractivity contribution >= 4 is 46.7 Å². The van der Waals surface area contributed by atoms with Gasteiger partial charge in [-0.25, -0.2) is 9.97 Å². The number of anilines is 1. The van der Waals surface area contributed by atoms with E-state index < -0.39 is 0 Å². The lowest BCUT2D eigenvalue weighted by atomic mass is 10.3. The van der Waals surface area contributed by atoms with Gasteiger partial charge >= 0.3 is 0 Å². The van der Waals surface area contributed by atoms with Crippen molar-refractivity contribution in [1.29, 1.82) is 0 Å². The van der Waals surface area contributed by atoms with E-state index in [-0.39, 0.29) is 11.7 Å². The topological polar surface area (TPSA) is 85.6 Å². The SMILES string of the molecule is Cc1cc(C)nc(SCc2nnc(SCC(=O)Nc3ccccc3)n2-c2cccc(Cl)c2)n1. The summed E-state index contributed by atoms with van der Waals surface area (Å²) in [6, 6.07) is 18.8. The van der Waals surface area contributed by atoms with Gasteiger partial charge in [-0.1, -0.05) is 59.4 Å². The number of amides is 1. The summed E-state index contributed by atoms with van der Waals surface area (Å²) in [6.07, 6.45) is 0. The maximum atomic E-state index is 12.4. The number of aryl methyl sites for hydroxylation is 2. The Bertz CT molecular complexity index is 1240. The number of hydrogen-bond acceptors (Lipinski definition) is 7. The van der Waals surface area contributed by atoms with E-state index >= 15 is 0 Å². The highest BCUT2D eigenvalue weighted by atomic mass is 35.5. The number of carbonyl (C=O) groups is 1. The van der Waals surface area contributed by atoms with E-state index in [1.165, 1.54) is 23.5 Å². The van der Waals surface area contributed by atoms with Crippen LogP contribution in [0.2, 0.25) is 5.02 Å². The number of thioether (sulfide) groups is 2. The molecule has 1 amide bonds. The Labute approximate surface area is 205 Å². The number of hydrogen-bond donors (Lipinski definition) is 1. The van der Waals surface area contributed by atoms with Crippen molar-refractivity contribution in [3.63, 3.8) is 0 Å². The van der Waals surface area contributed by atoms with E-state index in [0.717, 1.165) is 28.6 Å². The molecule has 168 valence electrons. The predicted molar refractivity (Wildman–Crippen MR) is 133 cm³/mol. The molecule has 7 nitrogen and oxygen atoms in total. The first-order chi connectivity index (χ1) is 16.0. The summed E-state index contributed by atoms with van der Waals surface area (Å²) < 4.78 is 1.92. The number of nitrogens with one attached hydrogen (secondary N) is 1. The van der Waals surface area contributed by atoms with Crippen LogP contribution in [0.25, 0.3) is 5.69 Å². The smallest absolute Gasteiger partial charge is 0.234 e. The van der Waals surface area contributed by atoms with Gasteiger partial charge in [-0.05, 0) is 50.2 Å². The van der Waals surface area contributed by atoms with Crippen LogP contribution in [0.1, 0.15) is 17.2 Å². The number of para-hydroxylation sites is 1. The van der Waals surface area contributed by atoms with E-state index in [4.69, 9.17) is 11.6 Å². The van der Waals surface area contributed by atoms with Crippen LogP contribution < -0.4 is 5.32 Å². The lowest BCUT2D eigenvalue weighted by molar-refractivity contribution is -0.113. The second kappa shape index (κ2) is 10.8. The van der Waals surface area contributed by atoms with Crippen molar-refractivity contribution in [2.24, 2.45) is 0 Å². The molecule has 0 atom stereocenters. The van der Waals surface area contributed by atoms with E-state index in [1.807, 2.05) is 79.1 Å². The molecule has 0 aliphatic rings. The van der Waals surface area contributed by atoms with Crippen LogP contribution in [-0.2, 0) is 10.5 Å². The molecule has 0 spiro atoms. The monoisotopic (exact) mass is 496 g/mol. The van der Waals surface area contributed by atoms with Gasteiger partial charge in [0, 0.05) is 22.1 Å². The maximum Gasteiger partial charge on any atom is 0.234 e. The summed E-state index contributed by atoms with van der Waals surface area (Å²) >= 11 is 9.05. The summed E-state index contributed by atoms with van der Waals surface area (Å²) in [5.41, 5.74) is 3.42. The van der Waals surface area contributed by atoms with Crippen molar-refractivity contribution in [3.05, 3.63) is 82.9 Å². The average molecular weight is 497 g/mol. The zero-order chi connectivity index (χ0) is 23.2. The van der Waals surface area contributed by atoms with Crippen molar-refractivity contribution in [3.8, 4) is 5.69 Å². The Hall–Kier alpha value is -2.88. The maximum absolute atomic E-state index is 12.4. The van der Waals surface area contributed by atoms with Gasteiger partial charge in [0.25, 0.3) is 0 Å². The normalized spacial score (nSPS) is 10.9. The van der Waals surface area contributed by atoms with Crippen LogP contribution in [0.15, 0.2) is 71.0 Å². The fraction of sp³-hybridized carbons (Fsp3) is 0.174. The van der Waals surface area contributed by atoms with Crippen LogP contribution >= 0.6 is 35.1 Å². The fourth-order valence-corrected chi connectivity index (χ4v) is 4.92. The third kappa shape index (κ3) is 6.34. The largest absolute Gasteiger partial charge is 0.325 e. The second-order valence-corrected chi connectivity index (χ2v) is 9.46. The quantitative estimate of drug-likeness (QED) is 0.260. The van der Waals surface area contributed by atoms with Gasteiger partial charge in [0.15, 0.2) is 10.3 Å². The summed E-state index contributed by atoms with van der Waals surface area (Å²) in [5.74, 6) is 1.31. The molecule has 4 rings (SSSR count). The summed E-state index contributed by atoms with van der Waals surface area (Å²) in [6.45, 7) is 3.89. The number of benzene rings is 2. The van der Waals surface area contributed by atoms with Crippen LogP contribution in [0.4, 0.5) is 5.69 Å². The lowest BCUT2D eigenvalue weighted by Gasteiger charge is -2.11. The van der Waals surface area contributed by atoms with Crippen molar-refractivity contribution in [2.75, 3.05) is 11.1 Å². The third-order valence-electron chi connectivity index (χ3n) is 4.45. The van der Waals surface area contributed by atoms with Gasteiger partial charge in [0.2, 0.25) is 5.91 Å². The highest BCUT2D eigenvalue weighted by Gasteiger charge is 2.17. The third-order valence-corrected chi connectivity index (χ3v) is 6.46. The van der Waals surface area contributed by atoms with E-state index in [9.17, 15) is 4.79 Å². The lowest BCUT2D eigenvalue weighted by Crippen LogP contribution is -2.14. The molecule has 0 radical (unpaired) electrons. The van der Waals surface area contributed by atoms with E-state index in [0.29, 0.717) is 21.1 Å². The highest BCUT2D eigenvalue weighted by molar-refractivity contribution is 7.99. The standard InChI is InChI=1S/C23H21ClN6OS2/c1-15-11-16(2)26-22(25-15)32-13-20-28-29-23(30(20)19-10-6-7-17(24)12-19)33-14-21(31)27-18-8-4-3-5-9-18/h3-12H,13-14H2,1-2H3,(H,27,31). The minimum Gasteiger partial charge on any atom is -0.325 e. The zero-order valence-corrected chi connectivity index (χ0v) is 20.4. The van der Waals surface area contributed by atoms with Crippen LogP contribution in [0.5, 0.6) is 0 Å². The first-order valence-electron chi connectivity index (χ1n) is 10.1. The molecule has 1 N–H and O–H groups in total. The van der Waals surface area contributed by atoms with Crippen LogP contribution in [0.3, 0.4) is 0 Å². The molecular formula is C23H21ClN6OS2. The Kier molecular flexibility index (Phi) is 7.64. The highest BCUT2D eigenvalue weighted by Crippen LogP contribution is 2.27. The van der Waals surface area contributed by atoms with Crippen molar-refractivity contribution in [2.45, 2.75) is 29.9 Å². The minimum atomic E-state index is -0.119. The predicted octanol–water partition coefficient (Wildman–Crippen LogP) is 5.35. The Morgan fingerprint density at radius 2 is 1.73 bits per heavy atom. The van der Waals surface area contributed by atoms with Gasteiger partial charge in [0.1, 0.15) is 5.82 Å². The molecule has 2 aromatic carbocycles. The van der Waals surface area contributed by atoms with Gasteiger partial charge in [-0.2, -0.15) is 0 Å². The zero-order valence-electron chi connectivity index (χ0n) is 18.0. The number of carbonyl (C=O) groups excluding carboxylic acids is 1. The Morgan fingerprint density at radius 1 is 0.970 bits per heavy atom. The van der Waals surface area contributed by atoms with Gasteiger partial charge in [-0.15, -0.1) is 10.2 Å². The number of nitrogens with zero attached hydrogens (tertiary/aromatic N) is 5. The van der Waals surface area contributed by atoms with E-state index in [2.05, 4.69) is 25.5 Å². The molecule has 0 unspecified atom stereocenters. The molecule has 2 aromatic heterocycles. The number of halogens is 1. The molecule has 33 heavy (non-hydrogen) atoms. The number of aromatic nitrogens is 5. The molecule has 0 aliphatic carbocycles. The van der Waals surface area contributed by atoms with Gasteiger partial charge < -0.3 is 5.32 Å². The van der Waals surface area contributed by atoms with Crippen molar-refractivity contribution in [1.82, 2.24) is 24.7 Å². The van der Waals surface area contributed by atoms with Crippen LogP contribution in [0, 0.1) is 13.8 Å². The molecule has 0 saturated carbocycles. The second-order valence-electron chi connectivity index (χ2n) is 7.14. The molecule has 0 fully saturated rings. The molecule has 0 aliphatic heterocycles. The minimum absolute atomic E-state index is 0.119. The average Bonchev–Trinajstić information content (AvgIpc) is 3.19.